The van der Waals surface area contributed by atoms with Crippen molar-refractivity contribution in [2.24, 2.45) is 0 Å². The summed E-state index contributed by atoms with van der Waals surface area (Å²) in [6.45, 7) is 3.14. The van der Waals surface area contributed by atoms with Crippen LogP contribution in [0.15, 0.2) is 0 Å². The fraction of sp³-hybridized carbons (Fsp3) is 0.962. The first kappa shape index (κ1) is 38.3. The fourth-order valence-corrected chi connectivity index (χ4v) is 4.93. The number of carbonyl (C=O) groups is 1. The van der Waals surface area contributed by atoms with Crippen molar-refractivity contribution in [1.82, 2.24) is 0 Å². The maximum Gasteiger partial charge on any atom is 0.402 e. The standard InChI is InChI=1S/C18H36O2.C8H19NO7S/c1-2-3-4-5-6-7-8-9-10-11-12-13-14-15-16-17-18(19)20;1-8(16-17(13,14)15)9(2-5-10,3-6-11)4-7-12/h2-17H2,1H3,(H,19,20);8,10-12H,2-7H2,1H3/p+1. The minimum absolute atomic E-state index is 0.0950. The summed E-state index contributed by atoms with van der Waals surface area (Å²) < 4.78 is 34.1. The second-order valence-corrected chi connectivity index (χ2v) is 10.8. The van der Waals surface area contributed by atoms with Crippen LogP contribution < -0.4 is 0 Å². The van der Waals surface area contributed by atoms with Gasteiger partial charge in [-0.2, -0.15) is 12.6 Å². The number of unbranched alkanes of at least 4 members (excludes halogenated alkanes) is 14. The van der Waals surface area contributed by atoms with Crippen LogP contribution >= 0.6 is 0 Å². The molecule has 11 heteroatoms. The first-order valence-corrected chi connectivity index (χ1v) is 15.5. The zero-order valence-corrected chi connectivity index (χ0v) is 24.2. The highest BCUT2D eigenvalue weighted by atomic mass is 32.3. The van der Waals surface area contributed by atoms with E-state index < -0.39 is 22.6 Å². The molecule has 37 heavy (non-hydrogen) atoms. The molecule has 1 atom stereocenters. The number of hydrogen-bond donors (Lipinski definition) is 5. The van der Waals surface area contributed by atoms with Gasteiger partial charge in [0.25, 0.3) is 0 Å². The van der Waals surface area contributed by atoms with Gasteiger partial charge >= 0.3 is 16.4 Å². The Kier molecular flexibility index (Phi) is 26.4. The van der Waals surface area contributed by atoms with Gasteiger partial charge in [-0.05, 0) is 6.42 Å². The molecule has 0 aromatic carbocycles. The second kappa shape index (κ2) is 25.5. The van der Waals surface area contributed by atoms with Crippen LogP contribution in [0.5, 0.6) is 0 Å². The third-order valence-electron chi connectivity index (χ3n) is 6.66. The molecule has 0 saturated heterocycles. The number of rotatable bonds is 25. The molecule has 0 fully saturated rings. The minimum Gasteiger partial charge on any atom is -0.481 e. The molecule has 0 aromatic rings. The normalized spacial score (nSPS) is 12.7. The van der Waals surface area contributed by atoms with E-state index in [0.29, 0.717) is 6.42 Å². The Labute approximate surface area is 225 Å². The number of carboxylic acid groups (broad SMARTS) is 1. The van der Waals surface area contributed by atoms with Crippen molar-refractivity contribution in [3.05, 3.63) is 0 Å². The van der Waals surface area contributed by atoms with Gasteiger partial charge in [-0.1, -0.05) is 96.8 Å². The zero-order chi connectivity index (χ0) is 28.4. The van der Waals surface area contributed by atoms with Crippen molar-refractivity contribution in [3.8, 4) is 0 Å². The highest BCUT2D eigenvalue weighted by Crippen LogP contribution is 2.16. The molecule has 5 N–H and O–H groups in total. The van der Waals surface area contributed by atoms with Gasteiger partial charge in [0.15, 0.2) is 0 Å². The predicted octanol–water partition coefficient (Wildman–Crippen LogP) is 4.28. The molecule has 0 rings (SSSR count). The Bertz CT molecular complexity index is 600. The summed E-state index contributed by atoms with van der Waals surface area (Å²) in [6, 6.07) is 0. The molecule has 1 unspecified atom stereocenters. The number of aliphatic hydroxyl groups excluding tert-OH is 3. The van der Waals surface area contributed by atoms with E-state index in [-0.39, 0.29) is 43.9 Å². The van der Waals surface area contributed by atoms with Crippen LogP contribution in [-0.4, -0.2) is 89.5 Å². The van der Waals surface area contributed by atoms with Crippen LogP contribution in [0, 0.1) is 0 Å². The van der Waals surface area contributed by atoms with Crippen molar-refractivity contribution < 1.29 is 46.9 Å². The highest BCUT2D eigenvalue weighted by molar-refractivity contribution is 7.80. The molecule has 0 bridgehead atoms. The van der Waals surface area contributed by atoms with E-state index in [1.807, 2.05) is 0 Å². The molecule has 10 nitrogen and oxygen atoms in total. The van der Waals surface area contributed by atoms with Crippen LogP contribution in [0.1, 0.15) is 117 Å². The number of nitrogens with zero attached hydrogens (tertiary/aromatic N) is 1. The van der Waals surface area contributed by atoms with Gasteiger partial charge in [-0.15, -0.1) is 0 Å². The molecular weight excluding hydrogens is 502 g/mol. The van der Waals surface area contributed by atoms with E-state index in [1.54, 1.807) is 0 Å². The molecule has 0 spiro atoms. The van der Waals surface area contributed by atoms with Gasteiger partial charge in [0.2, 0.25) is 6.23 Å². The Hall–Kier alpha value is -0.820. The van der Waals surface area contributed by atoms with Gasteiger partial charge in [-0.3, -0.25) is 13.8 Å². The summed E-state index contributed by atoms with van der Waals surface area (Å²) in [6.07, 6.45) is 19.2. The average Bonchev–Trinajstić information content (AvgIpc) is 2.81. The minimum atomic E-state index is -4.62. The average molecular weight is 559 g/mol. The van der Waals surface area contributed by atoms with Crippen molar-refractivity contribution in [2.45, 2.75) is 123 Å². The maximum atomic E-state index is 10.6. The molecule has 0 amide bonds. The van der Waals surface area contributed by atoms with Gasteiger partial charge in [0, 0.05) is 13.3 Å². The van der Waals surface area contributed by atoms with Crippen molar-refractivity contribution in [2.75, 3.05) is 39.5 Å². The molecular formula is C26H56NO9S+. The first-order chi connectivity index (χ1) is 17.6. The van der Waals surface area contributed by atoms with Gasteiger partial charge in [0.05, 0.1) is 19.8 Å². The van der Waals surface area contributed by atoms with Crippen LogP contribution in [0.4, 0.5) is 0 Å². The van der Waals surface area contributed by atoms with Gasteiger partial charge < -0.3 is 20.4 Å². The summed E-state index contributed by atoms with van der Waals surface area (Å²) in [5, 5.41) is 35.4. The predicted molar refractivity (Wildman–Crippen MR) is 145 cm³/mol. The Morgan fingerprint density at radius 2 is 1.03 bits per heavy atom. The van der Waals surface area contributed by atoms with Gasteiger partial charge in [-0.25, -0.2) is 0 Å². The molecule has 0 aliphatic heterocycles. The van der Waals surface area contributed by atoms with E-state index >= 15 is 0 Å². The lowest BCUT2D eigenvalue weighted by Crippen LogP contribution is -2.59. The lowest BCUT2D eigenvalue weighted by Gasteiger charge is -2.40. The lowest BCUT2D eigenvalue weighted by atomic mass is 10.0. The van der Waals surface area contributed by atoms with Crippen LogP contribution in [0.3, 0.4) is 0 Å². The van der Waals surface area contributed by atoms with Crippen molar-refractivity contribution in [3.63, 3.8) is 0 Å². The summed E-state index contributed by atoms with van der Waals surface area (Å²) in [7, 11) is -4.62. The molecule has 0 aromatic heterocycles. The number of hydrogen-bond acceptors (Lipinski definition) is 7. The Morgan fingerprint density at radius 3 is 1.30 bits per heavy atom. The van der Waals surface area contributed by atoms with E-state index in [9.17, 15) is 13.2 Å². The second-order valence-electron chi connectivity index (χ2n) is 9.78. The van der Waals surface area contributed by atoms with Crippen LogP contribution in [0.25, 0.3) is 0 Å². The van der Waals surface area contributed by atoms with Crippen LogP contribution in [0.2, 0.25) is 0 Å². The number of carboxylic acids is 1. The largest absolute Gasteiger partial charge is 0.481 e. The Morgan fingerprint density at radius 1 is 0.703 bits per heavy atom. The van der Waals surface area contributed by atoms with E-state index in [2.05, 4.69) is 11.1 Å². The molecule has 0 radical (unpaired) electrons. The van der Waals surface area contributed by atoms with E-state index in [4.69, 9.17) is 25.0 Å². The smallest absolute Gasteiger partial charge is 0.402 e. The topological polar surface area (TPSA) is 162 Å². The Balaban J connectivity index is 0. The third kappa shape index (κ3) is 25.2. The SMILES string of the molecule is CC(OS(=O)(=O)O)[N+](CCO)(CCO)CCO.CCCCCCCCCCCCCCCCCC(=O)O. The zero-order valence-electron chi connectivity index (χ0n) is 23.4. The molecule has 224 valence electrons. The summed E-state index contributed by atoms with van der Waals surface area (Å²) in [4.78, 5) is 10.3. The fourth-order valence-electron chi connectivity index (χ4n) is 4.39. The summed E-state index contributed by atoms with van der Waals surface area (Å²) in [5.41, 5.74) is 0. The molecule has 0 heterocycles. The lowest BCUT2D eigenvalue weighted by molar-refractivity contribution is -0.966. The van der Waals surface area contributed by atoms with Crippen molar-refractivity contribution >= 4 is 16.4 Å². The molecule has 0 saturated carbocycles. The quantitative estimate of drug-likeness (QED) is 0.0476. The van der Waals surface area contributed by atoms with E-state index in [1.165, 1.54) is 90.4 Å². The number of aliphatic hydroxyl groups is 3. The molecule has 0 aliphatic carbocycles. The van der Waals surface area contributed by atoms with Crippen molar-refractivity contribution in [1.29, 1.82) is 0 Å². The first-order valence-electron chi connectivity index (χ1n) is 14.1. The monoisotopic (exact) mass is 558 g/mol. The van der Waals surface area contributed by atoms with E-state index in [0.717, 1.165) is 12.8 Å². The third-order valence-corrected chi connectivity index (χ3v) is 7.18. The summed E-state index contributed by atoms with van der Waals surface area (Å²) in [5.74, 6) is -0.653. The number of aliphatic carboxylic acids is 1. The number of quaternary nitrogens is 1. The van der Waals surface area contributed by atoms with Gasteiger partial charge in [0.1, 0.15) is 19.6 Å². The highest BCUT2D eigenvalue weighted by Gasteiger charge is 2.36. The van der Waals surface area contributed by atoms with Crippen LogP contribution in [-0.2, 0) is 19.4 Å². The maximum absolute atomic E-state index is 10.6. The summed E-state index contributed by atoms with van der Waals surface area (Å²) >= 11 is 0. The molecule has 0 aliphatic rings.